The molecule has 0 amide bonds. The number of anilines is 1. The molecule has 0 saturated carbocycles. The van der Waals surface area contributed by atoms with Crippen molar-refractivity contribution >= 4 is 16.7 Å². The Morgan fingerprint density at radius 2 is 2.00 bits per heavy atom. The molecule has 1 heterocycles. The van der Waals surface area contributed by atoms with Gasteiger partial charge in [0.05, 0.1) is 11.0 Å². The molecule has 0 saturated heterocycles. The fraction of sp³-hybridized carbons (Fsp3) is 0.300. The minimum atomic E-state index is -4.50. The molecule has 4 nitrogen and oxygen atoms in total. The Morgan fingerprint density at radius 1 is 1.29 bits per heavy atom. The highest BCUT2D eigenvalue weighted by atomic mass is 19.4. The molecule has 0 aliphatic carbocycles. The number of benzene rings is 1. The van der Waals surface area contributed by atoms with Crippen molar-refractivity contribution in [3.63, 3.8) is 0 Å². The number of hydrogen-bond acceptors (Lipinski definition) is 3. The van der Waals surface area contributed by atoms with Crippen LogP contribution in [0, 0.1) is 0 Å². The molecule has 2 rings (SSSR count). The molecular weight excluding hydrogens is 233 g/mol. The van der Waals surface area contributed by atoms with Gasteiger partial charge in [0.15, 0.2) is 0 Å². The molecule has 0 fully saturated rings. The molecule has 0 aliphatic rings. The van der Waals surface area contributed by atoms with E-state index in [2.05, 4.69) is 4.98 Å². The third kappa shape index (κ3) is 2.05. The van der Waals surface area contributed by atoms with Crippen LogP contribution in [-0.2, 0) is 12.7 Å². The summed E-state index contributed by atoms with van der Waals surface area (Å²) in [5.74, 6) is -0.941. The lowest BCUT2D eigenvalue weighted by molar-refractivity contribution is -0.146. The van der Waals surface area contributed by atoms with Gasteiger partial charge in [0.2, 0.25) is 5.82 Å². The minimum absolute atomic E-state index is 0.0647. The Hall–Kier alpha value is -1.76. The van der Waals surface area contributed by atoms with Gasteiger partial charge in [0, 0.05) is 18.8 Å². The Labute approximate surface area is 95.0 Å². The van der Waals surface area contributed by atoms with Crippen molar-refractivity contribution in [3.05, 3.63) is 24.0 Å². The van der Waals surface area contributed by atoms with E-state index in [-0.39, 0.29) is 18.6 Å². The average Bonchev–Trinajstić information content (AvgIpc) is 2.56. The Balaban J connectivity index is 2.70. The molecule has 4 N–H and O–H groups in total. The summed E-state index contributed by atoms with van der Waals surface area (Å²) in [4.78, 5) is 3.57. The molecular formula is C10H11F3N4. The standard InChI is InChI=1S/C10H11F3N4/c11-10(12,13)9-16-7-5-6(15)1-2-8(7)17(9)4-3-14/h1-2,5H,3-4,14-15H2. The summed E-state index contributed by atoms with van der Waals surface area (Å²) in [6.07, 6.45) is -4.50. The number of aromatic nitrogens is 2. The molecule has 2 aromatic rings. The smallest absolute Gasteiger partial charge is 0.399 e. The minimum Gasteiger partial charge on any atom is -0.399 e. The predicted molar refractivity (Wildman–Crippen MR) is 58.2 cm³/mol. The number of hydrogen-bond donors (Lipinski definition) is 2. The van der Waals surface area contributed by atoms with Gasteiger partial charge in [-0.15, -0.1) is 0 Å². The van der Waals surface area contributed by atoms with E-state index >= 15 is 0 Å². The zero-order valence-corrected chi connectivity index (χ0v) is 8.83. The van der Waals surface area contributed by atoms with Crippen LogP contribution in [-0.4, -0.2) is 16.1 Å². The lowest BCUT2D eigenvalue weighted by Gasteiger charge is -2.09. The molecule has 1 aromatic heterocycles. The molecule has 17 heavy (non-hydrogen) atoms. The molecule has 7 heteroatoms. The maximum Gasteiger partial charge on any atom is 0.449 e. The second kappa shape index (κ2) is 3.92. The Morgan fingerprint density at radius 3 is 2.59 bits per heavy atom. The highest BCUT2D eigenvalue weighted by Crippen LogP contribution is 2.31. The first kappa shape index (κ1) is 11.7. The van der Waals surface area contributed by atoms with Crippen LogP contribution in [0.1, 0.15) is 5.82 Å². The topological polar surface area (TPSA) is 69.9 Å². The number of halogens is 3. The van der Waals surface area contributed by atoms with Gasteiger partial charge >= 0.3 is 6.18 Å². The third-order valence-electron chi connectivity index (χ3n) is 2.38. The first-order chi connectivity index (χ1) is 7.93. The molecule has 0 radical (unpaired) electrons. The molecule has 92 valence electrons. The van der Waals surface area contributed by atoms with Crippen molar-refractivity contribution < 1.29 is 13.2 Å². The van der Waals surface area contributed by atoms with Crippen LogP contribution >= 0.6 is 0 Å². The summed E-state index contributed by atoms with van der Waals surface area (Å²) in [6, 6.07) is 4.47. The summed E-state index contributed by atoms with van der Waals surface area (Å²) in [5, 5.41) is 0. The zero-order chi connectivity index (χ0) is 12.6. The monoisotopic (exact) mass is 244 g/mol. The fourth-order valence-electron chi connectivity index (χ4n) is 1.72. The second-order valence-electron chi connectivity index (χ2n) is 3.62. The summed E-state index contributed by atoms with van der Waals surface area (Å²) in [5.41, 5.74) is 11.8. The summed E-state index contributed by atoms with van der Waals surface area (Å²) in [6.45, 7) is 0.175. The lowest BCUT2D eigenvalue weighted by Crippen LogP contribution is -2.18. The van der Waals surface area contributed by atoms with Crippen LogP contribution in [0.4, 0.5) is 18.9 Å². The van der Waals surface area contributed by atoms with E-state index in [1.54, 1.807) is 0 Å². The molecule has 1 aromatic carbocycles. The number of nitrogen functional groups attached to an aromatic ring is 1. The summed E-state index contributed by atoms with van der Waals surface area (Å²) >= 11 is 0. The van der Waals surface area contributed by atoms with Gasteiger partial charge in [-0.05, 0) is 18.2 Å². The average molecular weight is 244 g/mol. The maximum atomic E-state index is 12.8. The molecule has 0 aliphatic heterocycles. The van der Waals surface area contributed by atoms with Gasteiger partial charge in [-0.25, -0.2) is 4.98 Å². The largest absolute Gasteiger partial charge is 0.449 e. The third-order valence-corrected chi connectivity index (χ3v) is 2.38. The van der Waals surface area contributed by atoms with E-state index in [9.17, 15) is 13.2 Å². The van der Waals surface area contributed by atoms with E-state index < -0.39 is 12.0 Å². The van der Waals surface area contributed by atoms with Crippen molar-refractivity contribution in [1.29, 1.82) is 0 Å². The molecule has 0 atom stereocenters. The SMILES string of the molecule is NCCn1c(C(F)(F)F)nc2cc(N)ccc21. The number of imidazole rings is 1. The highest BCUT2D eigenvalue weighted by Gasteiger charge is 2.37. The van der Waals surface area contributed by atoms with Gasteiger partial charge < -0.3 is 16.0 Å². The van der Waals surface area contributed by atoms with Gasteiger partial charge in [-0.1, -0.05) is 0 Å². The normalized spacial score (nSPS) is 12.2. The van der Waals surface area contributed by atoms with Crippen molar-refractivity contribution in [2.45, 2.75) is 12.7 Å². The quantitative estimate of drug-likeness (QED) is 0.788. The number of nitrogens with two attached hydrogens (primary N) is 2. The van der Waals surface area contributed by atoms with E-state index in [4.69, 9.17) is 11.5 Å². The van der Waals surface area contributed by atoms with Crippen LogP contribution in [0.2, 0.25) is 0 Å². The summed E-state index contributed by atoms with van der Waals surface area (Å²) < 4.78 is 39.3. The number of nitrogens with zero attached hydrogens (tertiary/aromatic N) is 2. The number of alkyl halides is 3. The first-order valence-electron chi connectivity index (χ1n) is 4.96. The summed E-state index contributed by atoms with van der Waals surface area (Å²) in [7, 11) is 0. The van der Waals surface area contributed by atoms with Crippen LogP contribution in [0.3, 0.4) is 0 Å². The molecule has 0 bridgehead atoms. The van der Waals surface area contributed by atoms with Gasteiger partial charge in [-0.2, -0.15) is 13.2 Å². The van der Waals surface area contributed by atoms with Crippen molar-refractivity contribution in [2.24, 2.45) is 5.73 Å². The van der Waals surface area contributed by atoms with E-state index in [1.165, 1.54) is 18.2 Å². The highest BCUT2D eigenvalue weighted by molar-refractivity contribution is 5.79. The van der Waals surface area contributed by atoms with Crippen LogP contribution in [0.15, 0.2) is 18.2 Å². The lowest BCUT2D eigenvalue weighted by atomic mass is 10.3. The predicted octanol–water partition coefficient (Wildman–Crippen LogP) is 1.60. The maximum absolute atomic E-state index is 12.8. The fourth-order valence-corrected chi connectivity index (χ4v) is 1.72. The first-order valence-corrected chi connectivity index (χ1v) is 4.96. The Kier molecular flexibility index (Phi) is 2.70. The van der Waals surface area contributed by atoms with E-state index in [0.29, 0.717) is 11.2 Å². The van der Waals surface area contributed by atoms with Crippen LogP contribution < -0.4 is 11.5 Å². The number of rotatable bonds is 2. The van der Waals surface area contributed by atoms with Crippen molar-refractivity contribution in [2.75, 3.05) is 12.3 Å². The Bertz CT molecular complexity index is 544. The van der Waals surface area contributed by atoms with Crippen molar-refractivity contribution in [1.82, 2.24) is 9.55 Å². The van der Waals surface area contributed by atoms with Gasteiger partial charge in [0.1, 0.15) is 0 Å². The van der Waals surface area contributed by atoms with E-state index in [1.807, 2.05) is 0 Å². The number of fused-ring (bicyclic) bond motifs is 1. The van der Waals surface area contributed by atoms with Crippen LogP contribution in [0.25, 0.3) is 11.0 Å². The molecule has 0 unspecified atom stereocenters. The van der Waals surface area contributed by atoms with Gasteiger partial charge in [0.25, 0.3) is 0 Å². The van der Waals surface area contributed by atoms with Gasteiger partial charge in [-0.3, -0.25) is 0 Å². The van der Waals surface area contributed by atoms with E-state index in [0.717, 1.165) is 4.57 Å². The van der Waals surface area contributed by atoms with Crippen molar-refractivity contribution in [3.8, 4) is 0 Å². The zero-order valence-electron chi connectivity index (χ0n) is 8.83. The van der Waals surface area contributed by atoms with Crippen LogP contribution in [0.5, 0.6) is 0 Å². The second-order valence-corrected chi connectivity index (χ2v) is 3.62. The molecule has 0 spiro atoms.